The third-order valence-corrected chi connectivity index (χ3v) is 4.46. The van der Waals surface area contributed by atoms with Crippen LogP contribution in [0.4, 0.5) is 16.6 Å². The lowest BCUT2D eigenvalue weighted by Gasteiger charge is -2.09. The Balaban J connectivity index is 1.75. The summed E-state index contributed by atoms with van der Waals surface area (Å²) in [7, 11) is 0. The molecule has 0 spiro atoms. The van der Waals surface area contributed by atoms with Crippen molar-refractivity contribution in [1.29, 1.82) is 0 Å². The highest BCUT2D eigenvalue weighted by molar-refractivity contribution is 7.17. The Morgan fingerprint density at radius 2 is 2.00 bits per heavy atom. The van der Waals surface area contributed by atoms with E-state index in [0.717, 1.165) is 11.3 Å². The van der Waals surface area contributed by atoms with E-state index in [2.05, 4.69) is 30.6 Å². The number of thiazole rings is 1. The summed E-state index contributed by atoms with van der Waals surface area (Å²) in [5.74, 6) is 0.839. The summed E-state index contributed by atoms with van der Waals surface area (Å²) in [5, 5.41) is 6.79. The van der Waals surface area contributed by atoms with Gasteiger partial charge in [-0.15, -0.1) is 0 Å². The molecule has 1 amide bonds. The number of halogens is 1. The number of amides is 1. The van der Waals surface area contributed by atoms with Crippen molar-refractivity contribution in [2.75, 3.05) is 10.6 Å². The van der Waals surface area contributed by atoms with E-state index in [1.165, 1.54) is 17.5 Å². The van der Waals surface area contributed by atoms with Crippen LogP contribution in [-0.4, -0.2) is 25.8 Å². The second kappa shape index (κ2) is 7.12. The summed E-state index contributed by atoms with van der Waals surface area (Å²) in [5.41, 5.74) is 2.44. The highest BCUT2D eigenvalue weighted by Gasteiger charge is 2.14. The largest absolute Gasteiger partial charge is 0.319 e. The predicted octanol–water partition coefficient (Wildman–Crippen LogP) is 3.90. The quantitative estimate of drug-likeness (QED) is 0.673. The highest BCUT2D eigenvalue weighted by Crippen LogP contribution is 2.25. The molecular formula is C16H15ClN6OS. The van der Waals surface area contributed by atoms with Crippen molar-refractivity contribution in [1.82, 2.24) is 19.9 Å². The van der Waals surface area contributed by atoms with Gasteiger partial charge in [-0.3, -0.25) is 9.78 Å². The molecule has 0 unspecified atom stereocenters. The third-order valence-electron chi connectivity index (χ3n) is 3.36. The van der Waals surface area contributed by atoms with Gasteiger partial charge >= 0.3 is 0 Å². The maximum atomic E-state index is 12.4. The number of carbonyl (C=O) groups is 1. The Morgan fingerprint density at radius 1 is 1.20 bits per heavy atom. The number of hydrogen-bond acceptors (Lipinski definition) is 7. The van der Waals surface area contributed by atoms with E-state index in [1.807, 2.05) is 19.9 Å². The van der Waals surface area contributed by atoms with Crippen LogP contribution in [-0.2, 0) is 0 Å². The molecule has 3 rings (SSSR count). The van der Waals surface area contributed by atoms with Gasteiger partial charge in [0.2, 0.25) is 0 Å². The van der Waals surface area contributed by atoms with Gasteiger partial charge in [-0.1, -0.05) is 22.9 Å². The third kappa shape index (κ3) is 4.09. The summed E-state index contributed by atoms with van der Waals surface area (Å²) in [6, 6.07) is 3.45. The summed E-state index contributed by atoms with van der Waals surface area (Å²) >= 11 is 7.13. The van der Waals surface area contributed by atoms with E-state index < -0.39 is 0 Å². The smallest absolute Gasteiger partial charge is 0.267 e. The second-order valence-electron chi connectivity index (χ2n) is 5.32. The first kappa shape index (κ1) is 17.2. The van der Waals surface area contributed by atoms with Crippen LogP contribution in [0.3, 0.4) is 0 Å². The summed E-state index contributed by atoms with van der Waals surface area (Å²) < 4.78 is 0. The zero-order chi connectivity index (χ0) is 18.0. The molecule has 0 bridgehead atoms. The normalized spacial score (nSPS) is 10.6. The maximum Gasteiger partial charge on any atom is 0.267 e. The van der Waals surface area contributed by atoms with Gasteiger partial charge in [0.25, 0.3) is 5.91 Å². The van der Waals surface area contributed by atoms with Crippen LogP contribution in [0.5, 0.6) is 0 Å². The Hall–Kier alpha value is -2.58. The number of pyridine rings is 1. The van der Waals surface area contributed by atoms with Crippen LogP contribution < -0.4 is 10.6 Å². The van der Waals surface area contributed by atoms with Crippen LogP contribution in [0.2, 0.25) is 5.15 Å². The van der Waals surface area contributed by atoms with Crippen molar-refractivity contribution in [2.24, 2.45) is 0 Å². The molecule has 0 saturated carbocycles. The molecule has 0 aliphatic heterocycles. The number of aryl methyl sites for hydroxylation is 3. The summed E-state index contributed by atoms with van der Waals surface area (Å²) in [6.07, 6.45) is 3.23. The lowest BCUT2D eigenvalue weighted by molar-refractivity contribution is 0.103. The van der Waals surface area contributed by atoms with E-state index in [9.17, 15) is 4.79 Å². The van der Waals surface area contributed by atoms with Crippen LogP contribution >= 0.6 is 22.9 Å². The molecule has 0 radical (unpaired) electrons. The molecule has 25 heavy (non-hydrogen) atoms. The summed E-state index contributed by atoms with van der Waals surface area (Å²) in [4.78, 5) is 29.6. The predicted molar refractivity (Wildman–Crippen MR) is 98.8 cm³/mol. The molecule has 0 saturated heterocycles. The molecule has 9 heteroatoms. The molecule has 2 N–H and O–H groups in total. The van der Waals surface area contributed by atoms with Crippen molar-refractivity contribution in [3.05, 3.63) is 51.6 Å². The molecule has 0 atom stereocenters. The van der Waals surface area contributed by atoms with Gasteiger partial charge in [0.05, 0.1) is 17.6 Å². The first-order valence-corrected chi connectivity index (χ1v) is 8.59. The molecule has 0 aliphatic carbocycles. The fourth-order valence-corrected chi connectivity index (χ4v) is 3.14. The molecule has 3 heterocycles. The number of anilines is 3. The van der Waals surface area contributed by atoms with Crippen LogP contribution in [0.1, 0.15) is 26.8 Å². The molecule has 0 fully saturated rings. The summed E-state index contributed by atoms with van der Waals surface area (Å²) in [6.45, 7) is 5.52. The molecular weight excluding hydrogens is 360 g/mol. The van der Waals surface area contributed by atoms with E-state index >= 15 is 0 Å². The molecule has 3 aromatic heterocycles. The first-order valence-electron chi connectivity index (χ1n) is 7.40. The Kier molecular flexibility index (Phi) is 4.91. The zero-order valence-corrected chi connectivity index (χ0v) is 15.4. The minimum Gasteiger partial charge on any atom is -0.319 e. The number of aromatic nitrogens is 4. The van der Waals surface area contributed by atoms with Gasteiger partial charge in [-0.05, 0) is 32.4 Å². The van der Waals surface area contributed by atoms with Gasteiger partial charge in [0, 0.05) is 12.3 Å². The monoisotopic (exact) mass is 374 g/mol. The number of carbonyl (C=O) groups excluding carboxylic acids is 1. The molecule has 3 aromatic rings. The molecule has 0 aliphatic rings. The van der Waals surface area contributed by atoms with E-state index in [-0.39, 0.29) is 5.91 Å². The fraction of sp³-hybridized carbons (Fsp3) is 0.188. The SMILES string of the molecule is Cc1nc(Cl)cc(Nc2ncc(C(=O)Nc3c(C)ccnc3C)s2)n1. The molecule has 7 nitrogen and oxygen atoms in total. The lowest BCUT2D eigenvalue weighted by Crippen LogP contribution is -2.12. The number of rotatable bonds is 4. The zero-order valence-electron chi connectivity index (χ0n) is 13.8. The van der Waals surface area contributed by atoms with E-state index in [0.29, 0.717) is 32.5 Å². The van der Waals surface area contributed by atoms with Crippen LogP contribution in [0.15, 0.2) is 24.5 Å². The van der Waals surface area contributed by atoms with Gasteiger partial charge in [-0.25, -0.2) is 15.0 Å². The topological polar surface area (TPSA) is 92.7 Å². The van der Waals surface area contributed by atoms with E-state index in [1.54, 1.807) is 19.2 Å². The van der Waals surface area contributed by atoms with E-state index in [4.69, 9.17) is 11.6 Å². The van der Waals surface area contributed by atoms with Crippen molar-refractivity contribution in [3.8, 4) is 0 Å². The number of nitrogens with one attached hydrogen (secondary N) is 2. The standard InChI is InChI=1S/C16H15ClN6OS/c1-8-4-5-18-9(2)14(8)23-15(24)11-7-19-16(25-11)22-13-6-12(17)20-10(3)21-13/h4-7H,1-3H3,(H,23,24)(H,19,20,21,22). The van der Waals surface area contributed by atoms with Crippen molar-refractivity contribution in [3.63, 3.8) is 0 Å². The van der Waals surface area contributed by atoms with Gasteiger partial charge < -0.3 is 10.6 Å². The van der Waals surface area contributed by atoms with Gasteiger partial charge in [0.15, 0.2) is 5.13 Å². The maximum absolute atomic E-state index is 12.4. The van der Waals surface area contributed by atoms with Crippen molar-refractivity contribution in [2.45, 2.75) is 20.8 Å². The number of nitrogens with zero attached hydrogens (tertiary/aromatic N) is 4. The average molecular weight is 375 g/mol. The Bertz CT molecular complexity index is 902. The Morgan fingerprint density at radius 3 is 2.72 bits per heavy atom. The molecule has 128 valence electrons. The van der Waals surface area contributed by atoms with Crippen LogP contribution in [0.25, 0.3) is 0 Å². The van der Waals surface area contributed by atoms with Crippen molar-refractivity contribution >= 4 is 45.5 Å². The average Bonchev–Trinajstić information content (AvgIpc) is 2.98. The minimum atomic E-state index is -0.235. The minimum absolute atomic E-state index is 0.235. The first-order chi connectivity index (χ1) is 11.9. The Labute approximate surface area is 153 Å². The van der Waals surface area contributed by atoms with Gasteiger partial charge in [-0.2, -0.15) is 0 Å². The second-order valence-corrected chi connectivity index (χ2v) is 6.74. The highest BCUT2D eigenvalue weighted by atomic mass is 35.5. The number of hydrogen-bond donors (Lipinski definition) is 2. The van der Waals surface area contributed by atoms with Crippen LogP contribution in [0, 0.1) is 20.8 Å². The fourth-order valence-electron chi connectivity index (χ4n) is 2.20. The van der Waals surface area contributed by atoms with Crippen molar-refractivity contribution < 1.29 is 4.79 Å². The molecule has 0 aromatic carbocycles. The van der Waals surface area contributed by atoms with Gasteiger partial charge in [0.1, 0.15) is 21.7 Å². The lowest BCUT2D eigenvalue weighted by atomic mass is 10.2.